The summed E-state index contributed by atoms with van der Waals surface area (Å²) in [6.07, 6.45) is 2.06. The van der Waals surface area contributed by atoms with Gasteiger partial charge in [0.2, 0.25) is 5.91 Å². The van der Waals surface area contributed by atoms with E-state index >= 15 is 0 Å². The summed E-state index contributed by atoms with van der Waals surface area (Å²) in [6, 6.07) is 8.07. The van der Waals surface area contributed by atoms with Crippen molar-refractivity contribution in [2.45, 2.75) is 33.2 Å². The molecule has 1 amide bonds. The molecule has 2 rings (SSSR count). The lowest BCUT2D eigenvalue weighted by Gasteiger charge is -2.35. The second-order valence-electron chi connectivity index (χ2n) is 6.56. The van der Waals surface area contributed by atoms with Gasteiger partial charge in [0, 0.05) is 50.8 Å². The first-order valence-electron chi connectivity index (χ1n) is 9.09. The fraction of sp³-hybridized carbons (Fsp3) is 0.632. The van der Waals surface area contributed by atoms with Gasteiger partial charge in [0.1, 0.15) is 0 Å². The van der Waals surface area contributed by atoms with E-state index in [0.29, 0.717) is 6.54 Å². The van der Waals surface area contributed by atoms with E-state index in [-0.39, 0.29) is 5.91 Å². The van der Waals surface area contributed by atoms with Crippen LogP contribution in [0.25, 0.3) is 0 Å². The zero-order chi connectivity index (χ0) is 17.4. The Hall–Kier alpha value is -1.10. The topological polar surface area (TPSA) is 26.8 Å². The van der Waals surface area contributed by atoms with Crippen LogP contribution >= 0.6 is 11.6 Å². The first-order valence-corrected chi connectivity index (χ1v) is 9.47. The Balaban J connectivity index is 1.75. The van der Waals surface area contributed by atoms with E-state index in [1.54, 1.807) is 0 Å². The molecular weight excluding hydrogens is 322 g/mol. The summed E-state index contributed by atoms with van der Waals surface area (Å²) in [4.78, 5) is 19.2. The van der Waals surface area contributed by atoms with Gasteiger partial charge in [0.25, 0.3) is 0 Å². The van der Waals surface area contributed by atoms with E-state index in [2.05, 4.69) is 35.8 Å². The van der Waals surface area contributed by atoms with Crippen molar-refractivity contribution in [3.8, 4) is 0 Å². The second-order valence-corrected chi connectivity index (χ2v) is 7.00. The molecule has 0 bridgehead atoms. The maximum atomic E-state index is 12.5. The summed E-state index contributed by atoms with van der Waals surface area (Å²) in [5.41, 5.74) is 1.29. The van der Waals surface area contributed by atoms with E-state index in [4.69, 9.17) is 11.6 Å². The van der Waals surface area contributed by atoms with Crippen molar-refractivity contribution in [1.29, 1.82) is 0 Å². The predicted octanol–water partition coefficient (Wildman–Crippen LogP) is 3.11. The number of halogens is 1. The van der Waals surface area contributed by atoms with Crippen LogP contribution in [0.15, 0.2) is 24.3 Å². The van der Waals surface area contributed by atoms with Crippen LogP contribution in [0.4, 0.5) is 0 Å². The van der Waals surface area contributed by atoms with E-state index in [0.717, 1.165) is 63.7 Å². The average molecular weight is 352 g/mol. The molecule has 134 valence electrons. The predicted molar refractivity (Wildman–Crippen MR) is 100 cm³/mol. The van der Waals surface area contributed by atoms with Crippen molar-refractivity contribution in [3.63, 3.8) is 0 Å². The van der Waals surface area contributed by atoms with Gasteiger partial charge in [0.05, 0.1) is 6.54 Å². The fourth-order valence-electron chi connectivity index (χ4n) is 3.15. The number of hydrogen-bond donors (Lipinski definition) is 0. The van der Waals surface area contributed by atoms with E-state index in [9.17, 15) is 4.79 Å². The van der Waals surface area contributed by atoms with Crippen LogP contribution in [0.1, 0.15) is 32.3 Å². The van der Waals surface area contributed by atoms with Crippen LogP contribution in [0, 0.1) is 0 Å². The molecule has 1 heterocycles. The first-order chi connectivity index (χ1) is 11.6. The van der Waals surface area contributed by atoms with Gasteiger partial charge in [-0.1, -0.05) is 37.6 Å². The molecule has 1 aromatic rings. The van der Waals surface area contributed by atoms with Crippen LogP contribution in [0.5, 0.6) is 0 Å². The molecule has 4 nitrogen and oxygen atoms in total. The van der Waals surface area contributed by atoms with Crippen molar-refractivity contribution in [2.75, 3.05) is 45.8 Å². The molecule has 0 radical (unpaired) electrons. The van der Waals surface area contributed by atoms with Crippen LogP contribution in [0.3, 0.4) is 0 Å². The van der Waals surface area contributed by atoms with Gasteiger partial charge in [-0.3, -0.25) is 14.6 Å². The number of nitrogens with zero attached hydrogens (tertiary/aromatic N) is 3. The van der Waals surface area contributed by atoms with Crippen molar-refractivity contribution in [1.82, 2.24) is 14.7 Å². The molecule has 1 aliphatic heterocycles. The molecule has 1 aromatic carbocycles. The van der Waals surface area contributed by atoms with Crippen molar-refractivity contribution in [2.24, 2.45) is 0 Å². The third kappa shape index (κ3) is 6.08. The van der Waals surface area contributed by atoms with Gasteiger partial charge in [-0.15, -0.1) is 0 Å². The van der Waals surface area contributed by atoms with Crippen molar-refractivity contribution in [3.05, 3.63) is 34.9 Å². The highest BCUT2D eigenvalue weighted by Gasteiger charge is 2.21. The summed E-state index contributed by atoms with van der Waals surface area (Å²) < 4.78 is 0. The van der Waals surface area contributed by atoms with Gasteiger partial charge in [0.15, 0.2) is 0 Å². The van der Waals surface area contributed by atoms with E-state index in [1.807, 2.05) is 17.0 Å². The van der Waals surface area contributed by atoms with Gasteiger partial charge in [-0.05, 0) is 30.5 Å². The molecule has 0 aromatic heterocycles. The normalized spacial score (nSPS) is 16.3. The van der Waals surface area contributed by atoms with Crippen LogP contribution < -0.4 is 0 Å². The Labute approximate surface area is 151 Å². The summed E-state index contributed by atoms with van der Waals surface area (Å²) in [5.74, 6) is 0.282. The monoisotopic (exact) mass is 351 g/mol. The largest absolute Gasteiger partial charge is 0.342 e. The third-order valence-electron chi connectivity index (χ3n) is 4.48. The lowest BCUT2D eigenvalue weighted by molar-refractivity contribution is -0.133. The van der Waals surface area contributed by atoms with E-state index in [1.165, 1.54) is 5.56 Å². The van der Waals surface area contributed by atoms with Gasteiger partial charge < -0.3 is 4.90 Å². The minimum absolute atomic E-state index is 0.282. The number of carbonyl (C=O) groups is 1. The molecule has 0 unspecified atom stereocenters. The van der Waals surface area contributed by atoms with Crippen LogP contribution in [-0.4, -0.2) is 66.4 Å². The molecule has 0 saturated carbocycles. The minimum atomic E-state index is 0.282. The lowest BCUT2D eigenvalue weighted by Crippen LogP contribution is -2.49. The Morgan fingerprint density at radius 1 is 1.00 bits per heavy atom. The summed E-state index contributed by atoms with van der Waals surface area (Å²) in [7, 11) is 0. The summed E-state index contributed by atoms with van der Waals surface area (Å²) in [6.45, 7) is 11.5. The summed E-state index contributed by atoms with van der Waals surface area (Å²) >= 11 is 5.94. The minimum Gasteiger partial charge on any atom is -0.342 e. The molecule has 0 aliphatic carbocycles. The van der Waals surface area contributed by atoms with Crippen LogP contribution in [0.2, 0.25) is 5.02 Å². The number of benzene rings is 1. The molecule has 1 aliphatic rings. The third-order valence-corrected chi connectivity index (χ3v) is 4.73. The number of rotatable bonds is 8. The molecule has 0 N–H and O–H groups in total. The van der Waals surface area contributed by atoms with Crippen molar-refractivity contribution >= 4 is 17.5 Å². The van der Waals surface area contributed by atoms with Gasteiger partial charge >= 0.3 is 0 Å². The zero-order valence-electron chi connectivity index (χ0n) is 15.0. The molecular formula is C19H30ClN3O. The number of piperazine rings is 1. The Kier molecular flexibility index (Phi) is 8.03. The van der Waals surface area contributed by atoms with Crippen LogP contribution in [-0.2, 0) is 11.3 Å². The Morgan fingerprint density at radius 2 is 1.54 bits per heavy atom. The highest BCUT2D eigenvalue weighted by Crippen LogP contribution is 2.13. The summed E-state index contributed by atoms with van der Waals surface area (Å²) in [5, 5.41) is 0.783. The standard InChI is InChI=1S/C19H30ClN3O/c1-3-9-23(10-4-2)19(24)16-22-13-11-21(12-14-22)15-17-5-7-18(20)8-6-17/h5-8H,3-4,9-16H2,1-2H3. The highest BCUT2D eigenvalue weighted by molar-refractivity contribution is 6.30. The maximum absolute atomic E-state index is 12.5. The second kappa shape index (κ2) is 10.0. The SMILES string of the molecule is CCCN(CCC)C(=O)CN1CCN(Cc2ccc(Cl)cc2)CC1. The molecule has 0 spiro atoms. The van der Waals surface area contributed by atoms with E-state index < -0.39 is 0 Å². The molecule has 5 heteroatoms. The Bertz CT molecular complexity index is 492. The molecule has 1 saturated heterocycles. The number of carbonyl (C=O) groups excluding carboxylic acids is 1. The molecule has 0 atom stereocenters. The highest BCUT2D eigenvalue weighted by atomic mass is 35.5. The van der Waals surface area contributed by atoms with Gasteiger partial charge in [-0.25, -0.2) is 0 Å². The number of hydrogen-bond acceptors (Lipinski definition) is 3. The van der Waals surface area contributed by atoms with Gasteiger partial charge in [-0.2, -0.15) is 0 Å². The fourth-order valence-corrected chi connectivity index (χ4v) is 3.27. The maximum Gasteiger partial charge on any atom is 0.236 e. The average Bonchev–Trinajstić information content (AvgIpc) is 2.58. The van der Waals surface area contributed by atoms with Crippen molar-refractivity contribution < 1.29 is 4.79 Å². The lowest BCUT2D eigenvalue weighted by atomic mass is 10.2. The molecule has 24 heavy (non-hydrogen) atoms. The number of amides is 1. The smallest absolute Gasteiger partial charge is 0.236 e. The first kappa shape index (κ1) is 19.2. The molecule has 1 fully saturated rings. The Morgan fingerprint density at radius 3 is 2.08 bits per heavy atom. The quantitative estimate of drug-likeness (QED) is 0.720. The zero-order valence-corrected chi connectivity index (χ0v) is 15.8.